The van der Waals surface area contributed by atoms with Gasteiger partial charge in [0.15, 0.2) is 0 Å². The van der Waals surface area contributed by atoms with Gasteiger partial charge in [-0.25, -0.2) is 4.98 Å². The van der Waals surface area contributed by atoms with E-state index in [0.29, 0.717) is 18.8 Å². The van der Waals surface area contributed by atoms with Crippen molar-refractivity contribution in [2.24, 2.45) is 0 Å². The molecule has 1 saturated heterocycles. The largest absolute Gasteiger partial charge is 0.376 e. The number of carbonyl (C=O) groups excluding carboxylic acids is 1. The summed E-state index contributed by atoms with van der Waals surface area (Å²) in [7, 11) is 1.81. The van der Waals surface area contributed by atoms with Gasteiger partial charge in [-0.1, -0.05) is 0 Å². The number of hydrogen-bond acceptors (Lipinski definition) is 5. The molecule has 0 spiro atoms. The van der Waals surface area contributed by atoms with Crippen molar-refractivity contribution in [1.29, 1.82) is 0 Å². The topological polar surface area (TPSA) is 90.1 Å². The summed E-state index contributed by atoms with van der Waals surface area (Å²) in [6.07, 6.45) is 5.09. The number of rotatable bonds is 5. The van der Waals surface area contributed by atoms with Gasteiger partial charge in [0.25, 0.3) is 5.56 Å². The highest BCUT2D eigenvalue weighted by molar-refractivity contribution is 5.68. The average molecular weight is 313 g/mol. The van der Waals surface area contributed by atoms with Crippen LogP contribution in [0.3, 0.4) is 0 Å². The minimum Gasteiger partial charge on any atom is -0.376 e. The molecule has 1 aliphatic rings. The Morgan fingerprint density at radius 3 is 3.00 bits per heavy atom. The number of carbonyl (C=O) groups is 1. The van der Waals surface area contributed by atoms with Crippen LogP contribution in [0.1, 0.15) is 6.42 Å². The lowest BCUT2D eigenvalue weighted by Gasteiger charge is -2.14. The van der Waals surface area contributed by atoms with Crippen LogP contribution in [0.2, 0.25) is 0 Å². The van der Waals surface area contributed by atoms with Gasteiger partial charge in [0.05, 0.1) is 0 Å². The lowest BCUT2D eigenvalue weighted by atomic mass is 10.1. The number of likely N-dealkylation sites (tertiary alicyclic amines) is 1. The van der Waals surface area contributed by atoms with Gasteiger partial charge in [0, 0.05) is 44.1 Å². The van der Waals surface area contributed by atoms with Gasteiger partial charge in [-0.2, -0.15) is 0 Å². The van der Waals surface area contributed by atoms with Crippen LogP contribution in [0.5, 0.6) is 0 Å². The van der Waals surface area contributed by atoms with Crippen molar-refractivity contribution < 1.29 is 4.79 Å². The number of pyridine rings is 2. The zero-order valence-electron chi connectivity index (χ0n) is 12.9. The van der Waals surface area contributed by atoms with Crippen LogP contribution in [-0.4, -0.2) is 47.5 Å². The number of anilines is 2. The molecule has 7 nitrogen and oxygen atoms in total. The predicted molar refractivity (Wildman–Crippen MR) is 89.5 cm³/mol. The second-order valence-electron chi connectivity index (χ2n) is 5.54. The van der Waals surface area contributed by atoms with Gasteiger partial charge in [-0.15, -0.1) is 0 Å². The van der Waals surface area contributed by atoms with Gasteiger partial charge in [0.2, 0.25) is 6.41 Å². The van der Waals surface area contributed by atoms with Crippen molar-refractivity contribution in [1.82, 2.24) is 14.9 Å². The molecule has 0 saturated carbocycles. The van der Waals surface area contributed by atoms with Crippen molar-refractivity contribution >= 4 is 17.9 Å². The summed E-state index contributed by atoms with van der Waals surface area (Å²) < 4.78 is 0. The highest BCUT2D eigenvalue weighted by Crippen LogP contribution is 2.22. The van der Waals surface area contributed by atoms with E-state index >= 15 is 0 Å². The summed E-state index contributed by atoms with van der Waals surface area (Å²) in [5.74, 6) is 0.764. The molecule has 1 atom stereocenters. The molecule has 1 fully saturated rings. The van der Waals surface area contributed by atoms with Crippen LogP contribution in [0.15, 0.2) is 35.4 Å². The second-order valence-corrected chi connectivity index (χ2v) is 5.54. The van der Waals surface area contributed by atoms with Crippen LogP contribution >= 0.6 is 0 Å². The van der Waals surface area contributed by atoms with Crippen molar-refractivity contribution in [3.63, 3.8) is 0 Å². The normalized spacial score (nSPS) is 17.1. The van der Waals surface area contributed by atoms with E-state index in [1.165, 1.54) is 0 Å². The lowest BCUT2D eigenvalue weighted by molar-refractivity contribution is -0.117. The van der Waals surface area contributed by atoms with Crippen molar-refractivity contribution in [3.05, 3.63) is 40.9 Å². The number of H-pyrrole nitrogens is 1. The SMILES string of the molecule is CNc1cc(-c2c[nH]c(=O)c(NC3CCN(C=O)C3)c2)ccn1. The summed E-state index contributed by atoms with van der Waals surface area (Å²) in [5.41, 5.74) is 2.21. The van der Waals surface area contributed by atoms with Gasteiger partial charge in [-0.05, 0) is 30.2 Å². The highest BCUT2D eigenvalue weighted by atomic mass is 16.1. The molecule has 7 heteroatoms. The minimum atomic E-state index is -0.166. The van der Waals surface area contributed by atoms with Gasteiger partial charge >= 0.3 is 0 Å². The first-order chi connectivity index (χ1) is 11.2. The second kappa shape index (κ2) is 6.51. The third-order valence-corrected chi connectivity index (χ3v) is 3.98. The summed E-state index contributed by atoms with van der Waals surface area (Å²) in [4.78, 5) is 31.5. The number of amides is 1. The van der Waals surface area contributed by atoms with Crippen LogP contribution in [0, 0.1) is 0 Å². The van der Waals surface area contributed by atoms with E-state index in [9.17, 15) is 9.59 Å². The van der Waals surface area contributed by atoms with E-state index < -0.39 is 0 Å². The van der Waals surface area contributed by atoms with E-state index in [1.54, 1.807) is 17.3 Å². The summed E-state index contributed by atoms with van der Waals surface area (Å²) in [6.45, 7) is 1.33. The average Bonchev–Trinajstić information content (AvgIpc) is 3.04. The Bertz CT molecular complexity index is 758. The Hall–Kier alpha value is -2.83. The van der Waals surface area contributed by atoms with E-state index in [4.69, 9.17) is 0 Å². The molecular weight excluding hydrogens is 294 g/mol. The molecule has 1 aliphatic heterocycles. The fraction of sp³-hybridized carbons (Fsp3) is 0.312. The van der Waals surface area contributed by atoms with Gasteiger partial charge < -0.3 is 20.5 Å². The minimum absolute atomic E-state index is 0.0989. The Morgan fingerprint density at radius 1 is 1.39 bits per heavy atom. The molecule has 2 aromatic heterocycles. The molecule has 3 heterocycles. The fourth-order valence-corrected chi connectivity index (χ4v) is 2.73. The summed E-state index contributed by atoms with van der Waals surface area (Å²) in [6, 6.07) is 5.74. The molecule has 3 N–H and O–H groups in total. The van der Waals surface area contributed by atoms with E-state index in [0.717, 1.165) is 29.8 Å². The Morgan fingerprint density at radius 2 is 2.26 bits per heavy atom. The Kier molecular flexibility index (Phi) is 4.27. The molecule has 120 valence electrons. The molecule has 2 aromatic rings. The van der Waals surface area contributed by atoms with Crippen molar-refractivity contribution in [3.8, 4) is 11.1 Å². The maximum absolute atomic E-state index is 12.0. The first kappa shape index (κ1) is 15.1. The monoisotopic (exact) mass is 313 g/mol. The molecule has 1 amide bonds. The maximum Gasteiger partial charge on any atom is 0.271 e. The number of nitrogens with one attached hydrogen (secondary N) is 3. The zero-order valence-corrected chi connectivity index (χ0v) is 12.9. The van der Waals surface area contributed by atoms with Gasteiger partial charge in [0.1, 0.15) is 11.5 Å². The maximum atomic E-state index is 12.0. The van der Waals surface area contributed by atoms with Crippen molar-refractivity contribution in [2.75, 3.05) is 30.8 Å². The standard InChI is InChI=1S/C16H19N5O2/c1-17-15-7-11(2-4-18-15)12-6-14(16(23)19-8-12)20-13-3-5-21(9-13)10-22/h2,4,6-8,10,13,20H,3,5,9H2,1H3,(H,17,18)(H,19,23). The third-order valence-electron chi connectivity index (χ3n) is 3.98. The summed E-state index contributed by atoms with van der Waals surface area (Å²) >= 11 is 0. The summed E-state index contributed by atoms with van der Waals surface area (Å²) in [5, 5.41) is 6.23. The number of hydrogen-bond donors (Lipinski definition) is 3. The number of aromatic amines is 1. The van der Waals surface area contributed by atoms with E-state index in [1.807, 2.05) is 25.2 Å². The first-order valence-corrected chi connectivity index (χ1v) is 7.52. The smallest absolute Gasteiger partial charge is 0.271 e. The third kappa shape index (κ3) is 3.33. The van der Waals surface area contributed by atoms with Crippen LogP contribution in [-0.2, 0) is 4.79 Å². The zero-order chi connectivity index (χ0) is 16.2. The van der Waals surface area contributed by atoms with E-state index in [-0.39, 0.29) is 11.6 Å². The van der Waals surface area contributed by atoms with Gasteiger partial charge in [-0.3, -0.25) is 9.59 Å². The predicted octanol–water partition coefficient (Wildman–Crippen LogP) is 1.12. The number of aromatic nitrogens is 2. The molecule has 23 heavy (non-hydrogen) atoms. The molecule has 0 bridgehead atoms. The fourth-order valence-electron chi connectivity index (χ4n) is 2.73. The molecule has 1 unspecified atom stereocenters. The molecule has 0 aromatic carbocycles. The Labute approximate surface area is 133 Å². The highest BCUT2D eigenvalue weighted by Gasteiger charge is 2.21. The first-order valence-electron chi connectivity index (χ1n) is 7.52. The van der Waals surface area contributed by atoms with Crippen molar-refractivity contribution in [2.45, 2.75) is 12.5 Å². The molecule has 0 aliphatic carbocycles. The van der Waals surface area contributed by atoms with Crippen LogP contribution in [0.4, 0.5) is 11.5 Å². The molecule has 0 radical (unpaired) electrons. The van der Waals surface area contributed by atoms with Crippen LogP contribution < -0.4 is 16.2 Å². The number of nitrogens with zero attached hydrogens (tertiary/aromatic N) is 2. The molecule has 3 rings (SSSR count). The van der Waals surface area contributed by atoms with E-state index in [2.05, 4.69) is 20.6 Å². The lowest BCUT2D eigenvalue weighted by Crippen LogP contribution is -2.27. The van der Waals surface area contributed by atoms with Crippen LogP contribution in [0.25, 0.3) is 11.1 Å². The molecular formula is C16H19N5O2. The Balaban J connectivity index is 1.84. The quantitative estimate of drug-likeness (QED) is 0.720.